The minimum Gasteiger partial charge on any atom is -0.465 e. The van der Waals surface area contributed by atoms with Gasteiger partial charge in [0.05, 0.1) is 23.4 Å². The molecule has 10 nitrogen and oxygen atoms in total. The summed E-state index contributed by atoms with van der Waals surface area (Å²) in [5.41, 5.74) is 3.83. The van der Waals surface area contributed by atoms with Gasteiger partial charge in [-0.3, -0.25) is 20.4 Å². The molecule has 0 unspecified atom stereocenters. The van der Waals surface area contributed by atoms with Gasteiger partial charge in [-0.25, -0.2) is 9.78 Å². The maximum absolute atomic E-state index is 12.7. The van der Waals surface area contributed by atoms with Crippen molar-refractivity contribution in [2.75, 3.05) is 11.9 Å². The predicted molar refractivity (Wildman–Crippen MR) is 105 cm³/mol. The number of carbonyl (C=O) groups excluding carboxylic acids is 2. The van der Waals surface area contributed by atoms with Crippen LogP contribution in [0.25, 0.3) is 0 Å². The van der Waals surface area contributed by atoms with Gasteiger partial charge < -0.3 is 20.5 Å². The predicted octanol–water partition coefficient (Wildman–Crippen LogP) is 1.67. The maximum Gasteiger partial charge on any atom is 0.405 e. The standard InChI is InChI=1S/C18H24ClN5O5/c1-10(2)21-12-7-13(19)20-8-11(12)14(25)23-24-15(26)18-5-3-17(4-6-18,9-29-18)22-16(27)28/h7-8,10,22H,3-6,9H2,1-2H3,(H,20,21)(H,23,25)(H,24,26)(H,27,28). The van der Waals surface area contributed by atoms with Gasteiger partial charge in [-0.05, 0) is 45.6 Å². The fraction of sp³-hybridized carbons (Fsp3) is 0.556. The third-order valence-corrected chi connectivity index (χ3v) is 5.48. The normalized spacial score (nSPS) is 25.4. The third-order valence-electron chi connectivity index (χ3n) is 5.27. The number of pyridine rings is 1. The number of carboxylic acid groups (broad SMARTS) is 1. The Balaban J connectivity index is 1.62. The van der Waals surface area contributed by atoms with Crippen LogP contribution in [0, 0.1) is 0 Å². The van der Waals surface area contributed by atoms with Crippen molar-refractivity contribution in [1.29, 1.82) is 0 Å². The second-order valence-corrected chi connectivity index (χ2v) is 8.14. The zero-order valence-corrected chi connectivity index (χ0v) is 16.9. The first-order chi connectivity index (χ1) is 13.6. The molecule has 0 radical (unpaired) electrons. The summed E-state index contributed by atoms with van der Waals surface area (Å²) in [6, 6.07) is 1.60. The molecule has 0 spiro atoms. The van der Waals surface area contributed by atoms with Gasteiger partial charge in [0.2, 0.25) is 0 Å². The molecule has 2 aliphatic heterocycles. The monoisotopic (exact) mass is 425 g/mol. The van der Waals surface area contributed by atoms with Gasteiger partial charge in [0.1, 0.15) is 10.8 Å². The molecule has 11 heteroatoms. The van der Waals surface area contributed by atoms with E-state index >= 15 is 0 Å². The van der Waals surface area contributed by atoms with Crippen molar-refractivity contribution in [2.45, 2.75) is 56.7 Å². The molecule has 1 aromatic heterocycles. The van der Waals surface area contributed by atoms with Crippen LogP contribution >= 0.6 is 11.6 Å². The highest BCUT2D eigenvalue weighted by Gasteiger charge is 2.54. The lowest BCUT2D eigenvalue weighted by atomic mass is 9.71. The van der Waals surface area contributed by atoms with E-state index in [9.17, 15) is 14.4 Å². The molecule has 5 N–H and O–H groups in total. The topological polar surface area (TPSA) is 142 Å². The summed E-state index contributed by atoms with van der Waals surface area (Å²) in [6.45, 7) is 3.95. The molecular weight excluding hydrogens is 402 g/mol. The van der Waals surface area contributed by atoms with E-state index in [1.165, 1.54) is 12.3 Å². The molecule has 2 bridgehead atoms. The summed E-state index contributed by atoms with van der Waals surface area (Å²) in [6.07, 6.45) is 1.92. The highest BCUT2D eigenvalue weighted by Crippen LogP contribution is 2.43. The van der Waals surface area contributed by atoms with Crippen LogP contribution < -0.4 is 21.5 Å². The Labute approximate surface area is 172 Å². The lowest BCUT2D eigenvalue weighted by Gasteiger charge is -2.51. The van der Waals surface area contributed by atoms with Crippen molar-refractivity contribution in [2.24, 2.45) is 0 Å². The van der Waals surface area contributed by atoms with Crippen LogP contribution in [0.4, 0.5) is 10.5 Å². The van der Waals surface area contributed by atoms with Gasteiger partial charge in [0.15, 0.2) is 0 Å². The van der Waals surface area contributed by atoms with E-state index in [2.05, 4.69) is 26.5 Å². The number of anilines is 1. The molecular formula is C18H24ClN5O5. The molecule has 29 heavy (non-hydrogen) atoms. The lowest BCUT2D eigenvalue weighted by molar-refractivity contribution is -0.180. The molecule has 3 amide bonds. The van der Waals surface area contributed by atoms with E-state index in [1.54, 1.807) is 0 Å². The van der Waals surface area contributed by atoms with Crippen molar-refractivity contribution >= 4 is 35.2 Å². The van der Waals surface area contributed by atoms with Crippen LogP contribution in [-0.2, 0) is 9.53 Å². The van der Waals surface area contributed by atoms with Crippen LogP contribution in [-0.4, -0.2) is 51.8 Å². The third kappa shape index (κ3) is 4.54. The summed E-state index contributed by atoms with van der Waals surface area (Å²) < 4.78 is 5.73. The van der Waals surface area contributed by atoms with Gasteiger partial charge in [-0.15, -0.1) is 0 Å². The van der Waals surface area contributed by atoms with Crippen LogP contribution in [0.1, 0.15) is 49.9 Å². The smallest absolute Gasteiger partial charge is 0.405 e. The van der Waals surface area contributed by atoms with Gasteiger partial charge in [0, 0.05) is 12.2 Å². The van der Waals surface area contributed by atoms with Crippen molar-refractivity contribution in [3.63, 3.8) is 0 Å². The zero-order valence-electron chi connectivity index (χ0n) is 16.2. The Morgan fingerprint density at radius 3 is 2.45 bits per heavy atom. The van der Waals surface area contributed by atoms with Gasteiger partial charge in [0.25, 0.3) is 11.8 Å². The number of rotatable bonds is 5. The molecule has 3 heterocycles. The molecule has 1 aliphatic carbocycles. The van der Waals surface area contributed by atoms with Crippen LogP contribution in [0.5, 0.6) is 0 Å². The molecule has 3 fully saturated rings. The van der Waals surface area contributed by atoms with Gasteiger partial charge in [-0.1, -0.05) is 11.6 Å². The Morgan fingerprint density at radius 2 is 1.90 bits per heavy atom. The average molecular weight is 426 g/mol. The number of hydrogen-bond donors (Lipinski definition) is 5. The number of hydrazine groups is 1. The lowest BCUT2D eigenvalue weighted by Crippen LogP contribution is -2.67. The summed E-state index contributed by atoms with van der Waals surface area (Å²) in [7, 11) is 0. The molecule has 0 aromatic carbocycles. The molecule has 4 rings (SSSR count). The van der Waals surface area contributed by atoms with E-state index in [4.69, 9.17) is 21.4 Å². The van der Waals surface area contributed by atoms with Gasteiger partial charge in [-0.2, -0.15) is 0 Å². The molecule has 1 saturated carbocycles. The Hall–Kier alpha value is -2.59. The fourth-order valence-corrected chi connectivity index (χ4v) is 3.87. The number of ether oxygens (including phenoxy) is 1. The number of nitrogens with zero attached hydrogens (tertiary/aromatic N) is 1. The summed E-state index contributed by atoms with van der Waals surface area (Å²) in [4.78, 5) is 40.2. The minimum atomic E-state index is -1.11. The molecule has 1 aromatic rings. The first kappa shape index (κ1) is 21.1. The van der Waals surface area contributed by atoms with Crippen molar-refractivity contribution in [1.82, 2.24) is 21.2 Å². The first-order valence-electron chi connectivity index (χ1n) is 9.33. The maximum atomic E-state index is 12.7. The van der Waals surface area contributed by atoms with Crippen LogP contribution in [0.3, 0.4) is 0 Å². The van der Waals surface area contributed by atoms with Crippen LogP contribution in [0.2, 0.25) is 5.15 Å². The number of halogens is 1. The number of amides is 3. The number of aromatic nitrogens is 1. The van der Waals surface area contributed by atoms with E-state index in [-0.39, 0.29) is 23.4 Å². The second-order valence-electron chi connectivity index (χ2n) is 7.75. The summed E-state index contributed by atoms with van der Waals surface area (Å²) in [5.74, 6) is -1.01. The highest BCUT2D eigenvalue weighted by molar-refractivity contribution is 6.29. The van der Waals surface area contributed by atoms with E-state index in [0.29, 0.717) is 31.4 Å². The van der Waals surface area contributed by atoms with E-state index in [0.717, 1.165) is 0 Å². The van der Waals surface area contributed by atoms with Crippen molar-refractivity contribution in [3.05, 3.63) is 23.0 Å². The number of nitrogens with one attached hydrogen (secondary N) is 4. The molecule has 0 atom stereocenters. The first-order valence-corrected chi connectivity index (χ1v) is 9.70. The zero-order chi connectivity index (χ0) is 21.2. The number of hydrogen-bond acceptors (Lipinski definition) is 6. The highest BCUT2D eigenvalue weighted by atomic mass is 35.5. The molecule has 2 saturated heterocycles. The van der Waals surface area contributed by atoms with E-state index in [1.807, 2.05) is 13.8 Å². The van der Waals surface area contributed by atoms with Crippen molar-refractivity contribution in [3.8, 4) is 0 Å². The average Bonchev–Trinajstić information content (AvgIpc) is 2.66. The second kappa shape index (κ2) is 8.03. The molecule has 3 aliphatic rings. The Kier molecular flexibility index (Phi) is 5.85. The SMILES string of the molecule is CC(C)Nc1cc(Cl)ncc1C(=O)NNC(=O)C12CCC(NC(=O)O)(CC1)CO2. The molecule has 158 valence electrons. The summed E-state index contributed by atoms with van der Waals surface area (Å²) >= 11 is 5.91. The van der Waals surface area contributed by atoms with Crippen LogP contribution in [0.15, 0.2) is 12.3 Å². The minimum absolute atomic E-state index is 0.0612. The fourth-order valence-electron chi connectivity index (χ4n) is 3.71. The Bertz CT molecular complexity index is 806. The Morgan fingerprint density at radius 1 is 1.21 bits per heavy atom. The largest absolute Gasteiger partial charge is 0.465 e. The number of carbonyl (C=O) groups is 3. The van der Waals surface area contributed by atoms with Gasteiger partial charge >= 0.3 is 6.09 Å². The van der Waals surface area contributed by atoms with E-state index < -0.39 is 29.0 Å². The summed E-state index contributed by atoms with van der Waals surface area (Å²) in [5, 5.41) is 14.8. The number of fused-ring (bicyclic) bond motifs is 3. The quantitative estimate of drug-likeness (QED) is 0.356. The van der Waals surface area contributed by atoms with Crippen molar-refractivity contribution < 1.29 is 24.2 Å².